The van der Waals surface area contributed by atoms with Gasteiger partial charge in [-0.2, -0.15) is 4.31 Å². The summed E-state index contributed by atoms with van der Waals surface area (Å²) in [7, 11) is -3.53. The molecular weight excluding hydrogens is 420 g/mol. The monoisotopic (exact) mass is 436 g/mol. The fraction of sp³-hybridized carbons (Fsp3) is 0.222. The Bertz CT molecular complexity index is 1130. The molecule has 1 saturated heterocycles. The lowest BCUT2D eigenvalue weighted by Gasteiger charge is -2.33. The van der Waals surface area contributed by atoms with Gasteiger partial charge in [0.2, 0.25) is 15.9 Å². The zero-order chi connectivity index (χ0) is 19.7. The largest absolute Gasteiger partial charge is 0.337 e. The van der Waals surface area contributed by atoms with Crippen molar-refractivity contribution in [1.29, 1.82) is 0 Å². The maximum atomic E-state index is 12.7. The number of amides is 1. The van der Waals surface area contributed by atoms with E-state index in [2.05, 4.69) is 4.98 Å². The van der Waals surface area contributed by atoms with E-state index < -0.39 is 10.0 Å². The van der Waals surface area contributed by atoms with Gasteiger partial charge in [-0.25, -0.2) is 13.4 Å². The number of carbonyl (C=O) groups excluding carboxylic acids is 1. The summed E-state index contributed by atoms with van der Waals surface area (Å²) in [6, 6.07) is 8.33. The predicted octanol–water partition coefficient (Wildman–Crippen LogP) is 2.60. The van der Waals surface area contributed by atoms with Crippen LogP contribution >= 0.6 is 22.9 Å². The summed E-state index contributed by atoms with van der Waals surface area (Å²) >= 11 is 7.59. The van der Waals surface area contributed by atoms with Crippen LogP contribution < -0.4 is 0 Å². The molecule has 1 aliphatic rings. The van der Waals surface area contributed by atoms with Gasteiger partial charge in [0, 0.05) is 43.8 Å². The van der Waals surface area contributed by atoms with E-state index in [0.717, 1.165) is 4.96 Å². The molecule has 0 unspecified atom stereocenters. The van der Waals surface area contributed by atoms with Gasteiger partial charge in [-0.05, 0) is 18.2 Å². The number of thiazole rings is 1. The smallest absolute Gasteiger partial charge is 0.246 e. The minimum Gasteiger partial charge on any atom is -0.337 e. The quantitative estimate of drug-likeness (QED) is 0.589. The zero-order valence-electron chi connectivity index (χ0n) is 14.7. The van der Waals surface area contributed by atoms with Crippen LogP contribution in [0.1, 0.15) is 5.69 Å². The van der Waals surface area contributed by atoms with Crippen molar-refractivity contribution in [3.8, 4) is 0 Å². The van der Waals surface area contributed by atoms with Crippen LogP contribution in [0.4, 0.5) is 0 Å². The molecule has 10 heteroatoms. The molecule has 3 heterocycles. The van der Waals surface area contributed by atoms with Gasteiger partial charge in [-0.15, -0.1) is 11.3 Å². The van der Waals surface area contributed by atoms with Gasteiger partial charge in [0.1, 0.15) is 0 Å². The van der Waals surface area contributed by atoms with Crippen molar-refractivity contribution < 1.29 is 13.2 Å². The van der Waals surface area contributed by atoms with E-state index in [1.807, 2.05) is 16.0 Å². The Morgan fingerprint density at radius 1 is 1.14 bits per heavy atom. The summed E-state index contributed by atoms with van der Waals surface area (Å²) in [6.45, 7) is 1.20. The van der Waals surface area contributed by atoms with Crippen LogP contribution in [0.2, 0.25) is 5.15 Å². The molecular formula is C18H17ClN4O3S2. The zero-order valence-corrected chi connectivity index (χ0v) is 17.1. The summed E-state index contributed by atoms with van der Waals surface area (Å²) in [5.41, 5.74) is 0.650. The molecule has 1 amide bonds. The normalized spacial score (nSPS) is 16.2. The maximum Gasteiger partial charge on any atom is 0.246 e. The Labute approximate surface area is 171 Å². The molecule has 0 atom stereocenters. The first-order chi connectivity index (χ1) is 13.5. The number of imidazole rings is 1. The van der Waals surface area contributed by atoms with E-state index in [4.69, 9.17) is 11.6 Å². The molecule has 28 heavy (non-hydrogen) atoms. The van der Waals surface area contributed by atoms with Crippen LogP contribution in [-0.4, -0.2) is 59.1 Å². The lowest BCUT2D eigenvalue weighted by molar-refractivity contribution is -0.127. The summed E-state index contributed by atoms with van der Waals surface area (Å²) in [4.78, 5) is 19.4. The van der Waals surface area contributed by atoms with Crippen molar-refractivity contribution in [3.05, 3.63) is 58.8 Å². The van der Waals surface area contributed by atoms with Crippen molar-refractivity contribution in [1.82, 2.24) is 18.6 Å². The predicted molar refractivity (Wildman–Crippen MR) is 109 cm³/mol. The SMILES string of the molecule is O=C(/C=C/c1c(Cl)nc2sccn12)N1CCN(S(=O)(=O)c2ccccc2)CC1. The van der Waals surface area contributed by atoms with Crippen molar-refractivity contribution in [2.45, 2.75) is 4.90 Å². The van der Waals surface area contributed by atoms with Crippen LogP contribution in [0.5, 0.6) is 0 Å². The number of carbonyl (C=O) groups is 1. The van der Waals surface area contributed by atoms with Crippen molar-refractivity contribution >= 4 is 49.9 Å². The minimum atomic E-state index is -3.53. The number of nitrogens with zero attached hydrogens (tertiary/aromatic N) is 4. The number of sulfonamides is 1. The Morgan fingerprint density at radius 2 is 1.86 bits per heavy atom. The van der Waals surface area contributed by atoms with Crippen molar-refractivity contribution in [2.24, 2.45) is 0 Å². The number of hydrogen-bond donors (Lipinski definition) is 0. The Morgan fingerprint density at radius 3 is 2.57 bits per heavy atom. The maximum absolute atomic E-state index is 12.7. The molecule has 1 fully saturated rings. The topological polar surface area (TPSA) is 75.0 Å². The fourth-order valence-corrected chi connectivity index (χ4v) is 5.52. The lowest BCUT2D eigenvalue weighted by Crippen LogP contribution is -2.50. The van der Waals surface area contributed by atoms with Gasteiger partial charge in [0.05, 0.1) is 10.6 Å². The second kappa shape index (κ2) is 7.67. The van der Waals surface area contributed by atoms with Crippen LogP contribution in [0.15, 0.2) is 52.9 Å². The standard InChI is InChI=1S/C18H17ClN4O3S2/c19-17-15(23-12-13-27-18(23)20-17)6-7-16(24)21-8-10-22(11-9-21)28(25,26)14-4-2-1-3-5-14/h1-7,12-13H,8-11H2/b7-6+. The number of hydrogen-bond acceptors (Lipinski definition) is 5. The fourth-order valence-electron chi connectivity index (χ4n) is 3.07. The molecule has 1 aromatic carbocycles. The molecule has 0 bridgehead atoms. The lowest BCUT2D eigenvalue weighted by atomic mass is 10.3. The number of halogens is 1. The molecule has 0 radical (unpaired) electrons. The van der Waals surface area contributed by atoms with Gasteiger partial charge in [0.15, 0.2) is 10.1 Å². The molecule has 0 saturated carbocycles. The first kappa shape index (κ1) is 19.1. The first-order valence-electron chi connectivity index (χ1n) is 8.60. The Hall–Kier alpha value is -2.20. The van der Waals surface area contributed by atoms with Gasteiger partial charge in [-0.3, -0.25) is 9.20 Å². The van der Waals surface area contributed by atoms with E-state index in [1.54, 1.807) is 41.3 Å². The summed E-state index contributed by atoms with van der Waals surface area (Å²) < 4.78 is 28.6. The third kappa shape index (κ3) is 3.58. The van der Waals surface area contributed by atoms with Crippen molar-refractivity contribution in [3.63, 3.8) is 0 Å². The Kier molecular flexibility index (Phi) is 5.24. The Balaban J connectivity index is 1.42. The molecule has 0 spiro atoms. The number of fused-ring (bicyclic) bond motifs is 1. The van der Waals surface area contributed by atoms with Crippen molar-refractivity contribution in [2.75, 3.05) is 26.2 Å². The molecule has 146 valence electrons. The highest BCUT2D eigenvalue weighted by Crippen LogP contribution is 2.22. The number of benzene rings is 1. The van der Waals surface area contributed by atoms with Gasteiger partial charge in [0.25, 0.3) is 0 Å². The average molecular weight is 437 g/mol. The summed E-state index contributed by atoms with van der Waals surface area (Å²) in [6.07, 6.45) is 4.94. The summed E-state index contributed by atoms with van der Waals surface area (Å²) in [5, 5.41) is 2.24. The second-order valence-corrected chi connectivity index (χ2v) is 9.39. The average Bonchev–Trinajstić information content (AvgIpc) is 3.27. The third-order valence-electron chi connectivity index (χ3n) is 4.57. The van der Waals surface area contributed by atoms with Crippen LogP contribution in [0, 0.1) is 0 Å². The second-order valence-electron chi connectivity index (χ2n) is 6.22. The molecule has 4 rings (SSSR count). The van der Waals surface area contributed by atoms with Crippen LogP contribution in [0.3, 0.4) is 0 Å². The van der Waals surface area contributed by atoms with Gasteiger partial charge >= 0.3 is 0 Å². The minimum absolute atomic E-state index is 0.182. The first-order valence-corrected chi connectivity index (χ1v) is 11.3. The van der Waals surface area contributed by atoms with Gasteiger partial charge < -0.3 is 4.90 Å². The van der Waals surface area contributed by atoms with Gasteiger partial charge in [-0.1, -0.05) is 29.8 Å². The summed E-state index contributed by atoms with van der Waals surface area (Å²) in [5.74, 6) is -0.182. The van der Waals surface area contributed by atoms with E-state index in [1.165, 1.54) is 21.7 Å². The van der Waals surface area contributed by atoms with Crippen LogP contribution in [0.25, 0.3) is 11.0 Å². The van der Waals surface area contributed by atoms with E-state index in [0.29, 0.717) is 23.9 Å². The highest BCUT2D eigenvalue weighted by atomic mass is 35.5. The number of aromatic nitrogens is 2. The van der Waals surface area contributed by atoms with E-state index in [-0.39, 0.29) is 23.9 Å². The molecule has 0 aliphatic carbocycles. The third-order valence-corrected chi connectivity index (χ3v) is 7.52. The van der Waals surface area contributed by atoms with Crippen LogP contribution in [-0.2, 0) is 14.8 Å². The molecule has 7 nitrogen and oxygen atoms in total. The molecule has 1 aliphatic heterocycles. The molecule has 0 N–H and O–H groups in total. The molecule has 3 aromatic rings. The van der Waals surface area contributed by atoms with E-state index >= 15 is 0 Å². The highest BCUT2D eigenvalue weighted by Gasteiger charge is 2.29. The number of piperazine rings is 1. The van der Waals surface area contributed by atoms with E-state index in [9.17, 15) is 13.2 Å². The number of rotatable bonds is 4. The molecule has 2 aromatic heterocycles. The highest BCUT2D eigenvalue weighted by molar-refractivity contribution is 7.89.